The summed E-state index contributed by atoms with van der Waals surface area (Å²) in [6, 6.07) is 8.90. The van der Waals surface area contributed by atoms with E-state index in [1.54, 1.807) is 12.1 Å². The largest absolute Gasteiger partial charge is 0.475 e. The number of nitrogens with one attached hydrogen (secondary N) is 1. The van der Waals surface area contributed by atoms with Crippen LogP contribution in [0.25, 0.3) is 0 Å². The molecule has 0 radical (unpaired) electrons. The first-order valence-corrected chi connectivity index (χ1v) is 5.36. The molecule has 0 atom stereocenters. The van der Waals surface area contributed by atoms with Crippen molar-refractivity contribution in [1.82, 2.24) is 0 Å². The molecular formula is C12H10N2O5. The molecule has 0 spiro atoms. The quantitative estimate of drug-likeness (QED) is 0.633. The number of anilines is 1. The lowest BCUT2D eigenvalue weighted by Crippen LogP contribution is -1.99. The van der Waals surface area contributed by atoms with Crippen molar-refractivity contribution in [2.24, 2.45) is 0 Å². The van der Waals surface area contributed by atoms with E-state index in [0.29, 0.717) is 12.4 Å². The number of nitrogens with zero attached hydrogens (tertiary/aromatic N) is 1. The van der Waals surface area contributed by atoms with Crippen LogP contribution in [-0.2, 0) is 6.54 Å². The van der Waals surface area contributed by atoms with Crippen molar-refractivity contribution in [3.05, 3.63) is 57.8 Å². The van der Waals surface area contributed by atoms with Crippen LogP contribution >= 0.6 is 0 Å². The van der Waals surface area contributed by atoms with Crippen LogP contribution in [0.15, 0.2) is 40.8 Å². The Labute approximate surface area is 107 Å². The molecule has 0 aliphatic carbocycles. The van der Waals surface area contributed by atoms with Crippen molar-refractivity contribution in [1.29, 1.82) is 0 Å². The molecule has 0 bridgehead atoms. The highest BCUT2D eigenvalue weighted by atomic mass is 16.6. The second-order valence-electron chi connectivity index (χ2n) is 3.75. The van der Waals surface area contributed by atoms with Gasteiger partial charge in [-0.05, 0) is 11.6 Å². The minimum absolute atomic E-state index is 0.0231. The molecule has 0 aliphatic rings. The van der Waals surface area contributed by atoms with Gasteiger partial charge in [0.05, 0.1) is 4.92 Å². The smallest absolute Gasteiger partial charge is 0.371 e. The Morgan fingerprint density at radius 3 is 2.47 bits per heavy atom. The van der Waals surface area contributed by atoms with E-state index in [1.807, 2.05) is 0 Å². The Balaban J connectivity index is 1.97. The number of nitro groups is 1. The maximum Gasteiger partial charge on any atom is 0.371 e. The number of aromatic carboxylic acids is 1. The lowest BCUT2D eigenvalue weighted by Gasteiger charge is -2.02. The van der Waals surface area contributed by atoms with E-state index in [2.05, 4.69) is 5.32 Å². The second-order valence-corrected chi connectivity index (χ2v) is 3.75. The molecule has 7 nitrogen and oxygen atoms in total. The zero-order valence-corrected chi connectivity index (χ0v) is 9.70. The Kier molecular flexibility index (Phi) is 3.46. The molecule has 98 valence electrons. The normalized spacial score (nSPS) is 10.1. The average molecular weight is 262 g/mol. The fraction of sp³-hybridized carbons (Fsp3) is 0.0833. The highest BCUT2D eigenvalue weighted by molar-refractivity contribution is 5.84. The van der Waals surface area contributed by atoms with Crippen molar-refractivity contribution in [3.63, 3.8) is 0 Å². The van der Waals surface area contributed by atoms with Gasteiger partial charge in [0, 0.05) is 24.7 Å². The predicted molar refractivity (Wildman–Crippen MR) is 66.1 cm³/mol. The lowest BCUT2D eigenvalue weighted by atomic mass is 10.2. The highest BCUT2D eigenvalue weighted by Gasteiger charge is 2.08. The Hall–Kier alpha value is -2.83. The molecule has 0 fully saturated rings. The molecule has 0 saturated carbocycles. The van der Waals surface area contributed by atoms with Crippen LogP contribution in [0.4, 0.5) is 11.6 Å². The molecule has 19 heavy (non-hydrogen) atoms. The van der Waals surface area contributed by atoms with E-state index in [0.717, 1.165) is 5.56 Å². The molecule has 7 heteroatoms. The number of furan rings is 1. The summed E-state index contributed by atoms with van der Waals surface area (Å²) in [4.78, 5) is 20.6. The van der Waals surface area contributed by atoms with E-state index in [-0.39, 0.29) is 11.4 Å². The van der Waals surface area contributed by atoms with Gasteiger partial charge in [-0.15, -0.1) is 0 Å². The van der Waals surface area contributed by atoms with Crippen molar-refractivity contribution >= 4 is 17.5 Å². The average Bonchev–Trinajstić information content (AvgIpc) is 2.86. The van der Waals surface area contributed by atoms with E-state index in [9.17, 15) is 14.9 Å². The number of hydrogen-bond donors (Lipinski definition) is 2. The summed E-state index contributed by atoms with van der Waals surface area (Å²) >= 11 is 0. The molecule has 0 aliphatic heterocycles. The zero-order chi connectivity index (χ0) is 13.8. The molecule has 0 unspecified atom stereocenters. The molecule has 1 heterocycles. The molecule has 1 aromatic heterocycles. The number of non-ortho nitro benzene ring substituents is 1. The number of carbonyl (C=O) groups is 1. The van der Waals surface area contributed by atoms with E-state index < -0.39 is 10.9 Å². The minimum atomic E-state index is -1.14. The summed E-state index contributed by atoms with van der Waals surface area (Å²) in [5.41, 5.74) is 0.841. The number of carboxylic acids is 1. The fourth-order valence-corrected chi connectivity index (χ4v) is 1.47. The third-order valence-electron chi connectivity index (χ3n) is 2.43. The van der Waals surface area contributed by atoms with Gasteiger partial charge in [-0.3, -0.25) is 10.1 Å². The van der Waals surface area contributed by atoms with Gasteiger partial charge in [0.1, 0.15) is 0 Å². The van der Waals surface area contributed by atoms with Gasteiger partial charge >= 0.3 is 5.97 Å². The van der Waals surface area contributed by atoms with E-state index in [1.165, 1.54) is 24.3 Å². The molecule has 2 aromatic rings. The number of rotatable bonds is 5. The molecule has 1 aromatic carbocycles. The van der Waals surface area contributed by atoms with Gasteiger partial charge < -0.3 is 14.8 Å². The van der Waals surface area contributed by atoms with Gasteiger partial charge in [0.15, 0.2) is 5.88 Å². The van der Waals surface area contributed by atoms with Crippen LogP contribution in [0.5, 0.6) is 0 Å². The molecule has 0 saturated heterocycles. The van der Waals surface area contributed by atoms with Crippen LogP contribution in [0.2, 0.25) is 0 Å². The topological polar surface area (TPSA) is 106 Å². The summed E-state index contributed by atoms with van der Waals surface area (Å²) in [7, 11) is 0. The van der Waals surface area contributed by atoms with Gasteiger partial charge in [0.25, 0.3) is 5.69 Å². The number of nitro benzene ring substituents is 1. The standard InChI is InChI=1S/C12H10N2O5/c15-12(16)10-5-6-11(19-10)13-7-8-1-3-9(4-2-8)14(17)18/h1-6,13H,7H2,(H,15,16). The predicted octanol–water partition coefficient (Wildman–Crippen LogP) is 2.50. The van der Waals surface area contributed by atoms with Crippen LogP contribution < -0.4 is 5.32 Å². The van der Waals surface area contributed by atoms with Crippen LogP contribution in [0, 0.1) is 10.1 Å². The molecular weight excluding hydrogens is 252 g/mol. The summed E-state index contributed by atoms with van der Waals surface area (Å²) in [6.07, 6.45) is 0. The first kappa shape index (κ1) is 12.6. The van der Waals surface area contributed by atoms with Crippen molar-refractivity contribution in [2.75, 3.05) is 5.32 Å². The minimum Gasteiger partial charge on any atom is -0.475 e. The van der Waals surface area contributed by atoms with Gasteiger partial charge in [0.2, 0.25) is 5.76 Å². The lowest BCUT2D eigenvalue weighted by molar-refractivity contribution is -0.384. The second kappa shape index (κ2) is 5.21. The summed E-state index contributed by atoms with van der Waals surface area (Å²) in [5.74, 6) is -0.953. The van der Waals surface area contributed by atoms with Crippen LogP contribution in [-0.4, -0.2) is 16.0 Å². The van der Waals surface area contributed by atoms with Crippen molar-refractivity contribution in [3.8, 4) is 0 Å². The third kappa shape index (κ3) is 3.09. The molecule has 2 rings (SSSR count). The van der Waals surface area contributed by atoms with E-state index in [4.69, 9.17) is 9.52 Å². The van der Waals surface area contributed by atoms with Crippen LogP contribution in [0.3, 0.4) is 0 Å². The SMILES string of the molecule is O=C(O)c1ccc(NCc2ccc([N+](=O)[O-])cc2)o1. The summed E-state index contributed by atoms with van der Waals surface area (Å²) in [5, 5.41) is 22.0. The Morgan fingerprint density at radius 2 is 1.95 bits per heavy atom. The van der Waals surface area contributed by atoms with Crippen molar-refractivity contribution in [2.45, 2.75) is 6.54 Å². The maximum atomic E-state index is 10.6. The first-order valence-electron chi connectivity index (χ1n) is 5.36. The zero-order valence-electron chi connectivity index (χ0n) is 9.70. The van der Waals surface area contributed by atoms with Gasteiger partial charge in [-0.25, -0.2) is 4.79 Å². The number of benzene rings is 1. The summed E-state index contributed by atoms with van der Waals surface area (Å²) in [6.45, 7) is 0.380. The number of carboxylic acid groups (broad SMARTS) is 1. The Bertz CT molecular complexity index is 603. The molecule has 2 N–H and O–H groups in total. The first-order chi connectivity index (χ1) is 9.06. The van der Waals surface area contributed by atoms with Crippen molar-refractivity contribution < 1.29 is 19.2 Å². The summed E-state index contributed by atoms with van der Waals surface area (Å²) < 4.78 is 5.01. The van der Waals surface area contributed by atoms with Crippen LogP contribution in [0.1, 0.15) is 16.1 Å². The van der Waals surface area contributed by atoms with Gasteiger partial charge in [-0.1, -0.05) is 12.1 Å². The monoisotopic (exact) mass is 262 g/mol. The third-order valence-corrected chi connectivity index (χ3v) is 2.43. The number of hydrogen-bond acceptors (Lipinski definition) is 5. The Morgan fingerprint density at radius 1 is 1.26 bits per heavy atom. The highest BCUT2D eigenvalue weighted by Crippen LogP contribution is 2.16. The maximum absolute atomic E-state index is 10.6. The van der Waals surface area contributed by atoms with Gasteiger partial charge in [-0.2, -0.15) is 0 Å². The molecule has 0 amide bonds. The van der Waals surface area contributed by atoms with E-state index >= 15 is 0 Å². The fourth-order valence-electron chi connectivity index (χ4n) is 1.47.